The molecule has 1 unspecified atom stereocenters. The highest BCUT2D eigenvalue weighted by molar-refractivity contribution is 5.78. The summed E-state index contributed by atoms with van der Waals surface area (Å²) < 4.78 is 0. The van der Waals surface area contributed by atoms with Crippen LogP contribution in [0.3, 0.4) is 0 Å². The summed E-state index contributed by atoms with van der Waals surface area (Å²) in [6.07, 6.45) is 6.18. The van der Waals surface area contributed by atoms with Gasteiger partial charge < -0.3 is 20.4 Å². The fourth-order valence-electron chi connectivity index (χ4n) is 3.73. The Morgan fingerprint density at radius 3 is 2.30 bits per heavy atom. The highest BCUT2D eigenvalue weighted by Crippen LogP contribution is 2.30. The van der Waals surface area contributed by atoms with Gasteiger partial charge in [-0.05, 0) is 18.8 Å². The van der Waals surface area contributed by atoms with E-state index in [1.54, 1.807) is 0 Å². The Morgan fingerprint density at radius 2 is 1.70 bits per heavy atom. The first kappa shape index (κ1) is 13.5. The van der Waals surface area contributed by atoms with Gasteiger partial charge in [-0.1, -0.05) is 19.3 Å². The van der Waals surface area contributed by atoms with E-state index >= 15 is 0 Å². The molecule has 6 heteroatoms. The van der Waals surface area contributed by atoms with Crippen molar-refractivity contribution in [1.82, 2.24) is 20.4 Å². The van der Waals surface area contributed by atoms with Gasteiger partial charge in [0.05, 0.1) is 6.04 Å². The third kappa shape index (κ3) is 2.69. The average Bonchev–Trinajstić information content (AvgIpc) is 3.06. The largest absolute Gasteiger partial charge is 0.336 e. The van der Waals surface area contributed by atoms with E-state index in [9.17, 15) is 9.59 Å². The molecule has 1 saturated carbocycles. The van der Waals surface area contributed by atoms with E-state index in [0.717, 1.165) is 26.2 Å². The van der Waals surface area contributed by atoms with E-state index in [1.807, 2.05) is 9.80 Å². The first-order valence-electron chi connectivity index (χ1n) is 7.83. The number of urea groups is 2. The van der Waals surface area contributed by atoms with Crippen LogP contribution in [0.25, 0.3) is 0 Å². The van der Waals surface area contributed by atoms with Crippen LogP contribution in [0.5, 0.6) is 0 Å². The molecule has 2 saturated heterocycles. The average molecular weight is 280 g/mol. The first-order valence-corrected chi connectivity index (χ1v) is 7.83. The van der Waals surface area contributed by atoms with E-state index in [4.69, 9.17) is 0 Å². The molecular weight excluding hydrogens is 256 g/mol. The minimum atomic E-state index is 0.0189. The smallest absolute Gasteiger partial charge is 0.317 e. The minimum absolute atomic E-state index is 0.0189. The third-order valence-electron chi connectivity index (χ3n) is 4.84. The first-order chi connectivity index (χ1) is 9.75. The number of hydrogen-bond acceptors (Lipinski definition) is 2. The molecule has 4 amide bonds. The predicted molar refractivity (Wildman–Crippen MR) is 75.4 cm³/mol. The molecule has 112 valence electrons. The molecule has 3 rings (SSSR count). The lowest BCUT2D eigenvalue weighted by atomic mass is 9.83. The van der Waals surface area contributed by atoms with Crippen LogP contribution in [0.1, 0.15) is 32.1 Å². The fourth-order valence-corrected chi connectivity index (χ4v) is 3.73. The van der Waals surface area contributed by atoms with Crippen LogP contribution in [0, 0.1) is 5.92 Å². The highest BCUT2D eigenvalue weighted by Gasteiger charge is 2.36. The number of nitrogens with one attached hydrogen (secondary N) is 2. The summed E-state index contributed by atoms with van der Waals surface area (Å²) in [7, 11) is 0. The number of nitrogens with zero attached hydrogens (tertiary/aromatic N) is 2. The van der Waals surface area contributed by atoms with Crippen LogP contribution in [0.2, 0.25) is 0 Å². The molecule has 6 nitrogen and oxygen atoms in total. The maximum Gasteiger partial charge on any atom is 0.317 e. The zero-order valence-electron chi connectivity index (χ0n) is 11.9. The van der Waals surface area contributed by atoms with E-state index in [1.165, 1.54) is 32.1 Å². The van der Waals surface area contributed by atoms with E-state index < -0.39 is 0 Å². The summed E-state index contributed by atoms with van der Waals surface area (Å²) in [6, 6.07) is 0.243. The van der Waals surface area contributed by atoms with Crippen LogP contribution in [0.15, 0.2) is 0 Å². The molecule has 1 atom stereocenters. The van der Waals surface area contributed by atoms with E-state index in [-0.39, 0.29) is 18.1 Å². The van der Waals surface area contributed by atoms with Gasteiger partial charge in [-0.2, -0.15) is 0 Å². The zero-order valence-corrected chi connectivity index (χ0v) is 11.9. The highest BCUT2D eigenvalue weighted by atomic mass is 16.2. The maximum atomic E-state index is 12.0. The molecule has 3 fully saturated rings. The van der Waals surface area contributed by atoms with Gasteiger partial charge in [0.2, 0.25) is 0 Å². The summed E-state index contributed by atoms with van der Waals surface area (Å²) in [4.78, 5) is 27.6. The lowest BCUT2D eigenvalue weighted by molar-refractivity contribution is 0.124. The molecule has 1 aliphatic carbocycles. The van der Waals surface area contributed by atoms with Gasteiger partial charge in [0.25, 0.3) is 0 Å². The molecule has 2 N–H and O–H groups in total. The summed E-state index contributed by atoms with van der Waals surface area (Å²) in [6.45, 7) is 3.67. The zero-order chi connectivity index (χ0) is 13.9. The second-order valence-corrected chi connectivity index (χ2v) is 6.07. The van der Waals surface area contributed by atoms with Gasteiger partial charge in [-0.15, -0.1) is 0 Å². The van der Waals surface area contributed by atoms with Crippen molar-refractivity contribution in [3.63, 3.8) is 0 Å². The van der Waals surface area contributed by atoms with Crippen LogP contribution in [-0.2, 0) is 0 Å². The molecule has 3 aliphatic rings. The van der Waals surface area contributed by atoms with Gasteiger partial charge >= 0.3 is 12.1 Å². The number of rotatable bonds is 4. The lowest BCUT2D eigenvalue weighted by Crippen LogP contribution is -2.50. The van der Waals surface area contributed by atoms with Crippen LogP contribution in [0.4, 0.5) is 9.59 Å². The van der Waals surface area contributed by atoms with Crippen molar-refractivity contribution in [2.45, 2.75) is 38.1 Å². The van der Waals surface area contributed by atoms with Gasteiger partial charge in [-0.3, -0.25) is 0 Å². The van der Waals surface area contributed by atoms with Crippen LogP contribution < -0.4 is 10.6 Å². The van der Waals surface area contributed by atoms with Crippen molar-refractivity contribution in [2.75, 3.05) is 32.7 Å². The summed E-state index contributed by atoms with van der Waals surface area (Å²) in [5.41, 5.74) is 0. The molecule has 2 aliphatic heterocycles. The predicted octanol–water partition coefficient (Wildman–Crippen LogP) is 0.986. The van der Waals surface area contributed by atoms with Crippen molar-refractivity contribution in [3.05, 3.63) is 0 Å². The van der Waals surface area contributed by atoms with Gasteiger partial charge in [0, 0.05) is 32.7 Å². The Hall–Kier alpha value is -1.46. The Bertz CT molecular complexity index is 381. The minimum Gasteiger partial charge on any atom is -0.336 e. The summed E-state index contributed by atoms with van der Waals surface area (Å²) >= 11 is 0. The van der Waals surface area contributed by atoms with Crippen molar-refractivity contribution in [1.29, 1.82) is 0 Å². The second-order valence-electron chi connectivity index (χ2n) is 6.07. The van der Waals surface area contributed by atoms with E-state index in [2.05, 4.69) is 10.6 Å². The molecule has 0 bridgehead atoms. The summed E-state index contributed by atoms with van der Waals surface area (Å²) in [5, 5.41) is 5.74. The quantitative estimate of drug-likeness (QED) is 0.806. The van der Waals surface area contributed by atoms with Crippen molar-refractivity contribution in [3.8, 4) is 0 Å². The number of amides is 4. The molecule has 0 aromatic heterocycles. The normalized spacial score (nSPS) is 25.8. The summed E-state index contributed by atoms with van der Waals surface area (Å²) in [5.74, 6) is 0.543. The molecule has 2 heterocycles. The Balaban J connectivity index is 1.71. The fraction of sp³-hybridized carbons (Fsp3) is 0.857. The van der Waals surface area contributed by atoms with Gasteiger partial charge in [-0.25, -0.2) is 9.59 Å². The van der Waals surface area contributed by atoms with Crippen molar-refractivity contribution in [2.24, 2.45) is 5.92 Å². The molecule has 20 heavy (non-hydrogen) atoms. The molecule has 0 spiro atoms. The lowest BCUT2D eigenvalue weighted by Gasteiger charge is -2.37. The standard InChI is InChI=1S/C14H24N4O2/c19-13-15-6-8-17(13)10-12(11-4-2-1-3-5-11)18-9-7-16-14(18)20/h11-12H,1-10H2,(H,15,19)(H,16,20). The molecule has 0 radical (unpaired) electrons. The third-order valence-corrected chi connectivity index (χ3v) is 4.84. The van der Waals surface area contributed by atoms with E-state index in [0.29, 0.717) is 12.5 Å². The number of carbonyl (C=O) groups is 2. The van der Waals surface area contributed by atoms with Crippen molar-refractivity contribution >= 4 is 12.1 Å². The number of hydrogen-bond donors (Lipinski definition) is 2. The van der Waals surface area contributed by atoms with Crippen LogP contribution in [-0.4, -0.2) is 60.6 Å². The Morgan fingerprint density at radius 1 is 1.00 bits per heavy atom. The van der Waals surface area contributed by atoms with Gasteiger partial charge in [0.1, 0.15) is 0 Å². The molecule has 0 aromatic rings. The van der Waals surface area contributed by atoms with Crippen molar-refractivity contribution < 1.29 is 9.59 Å². The monoisotopic (exact) mass is 280 g/mol. The topological polar surface area (TPSA) is 64.7 Å². The molecular formula is C14H24N4O2. The SMILES string of the molecule is O=C1NCCN1CC(C1CCCCC1)N1CCNC1=O. The number of carbonyl (C=O) groups excluding carboxylic acids is 2. The second kappa shape index (κ2) is 5.89. The Labute approximate surface area is 119 Å². The van der Waals surface area contributed by atoms with Gasteiger partial charge in [0.15, 0.2) is 0 Å². The maximum absolute atomic E-state index is 12.0. The van der Waals surface area contributed by atoms with Crippen LogP contribution >= 0.6 is 0 Å². The Kier molecular flexibility index (Phi) is 3.98. The molecule has 0 aromatic carbocycles.